The van der Waals surface area contributed by atoms with Crippen LogP contribution in [0.2, 0.25) is 0 Å². The van der Waals surface area contributed by atoms with Crippen LogP contribution in [0.15, 0.2) is 27.3 Å². The molecule has 1 heterocycles. The van der Waals surface area contributed by atoms with Gasteiger partial charge in [0.1, 0.15) is 24.1 Å². The molecule has 0 atom stereocenters. The first kappa shape index (κ1) is 12.1. The molecule has 0 aliphatic heterocycles. The van der Waals surface area contributed by atoms with E-state index in [9.17, 15) is 9.18 Å². The zero-order chi connectivity index (χ0) is 12.4. The van der Waals surface area contributed by atoms with Gasteiger partial charge in [0.25, 0.3) is 0 Å². The maximum absolute atomic E-state index is 12.8. The molecule has 1 aromatic carbocycles. The van der Waals surface area contributed by atoms with E-state index in [1.54, 1.807) is 19.1 Å². The minimum atomic E-state index is -0.647. The van der Waals surface area contributed by atoms with E-state index < -0.39 is 12.6 Å². The summed E-state index contributed by atoms with van der Waals surface area (Å²) in [6, 6.07) is 3.34. The van der Waals surface area contributed by atoms with Crippen LogP contribution < -0.4 is 0 Å². The average Bonchev–Trinajstić information content (AvgIpc) is 2.71. The molecular weight excluding hydrogens is 291 g/mol. The van der Waals surface area contributed by atoms with Crippen molar-refractivity contribution >= 4 is 32.9 Å². The summed E-state index contributed by atoms with van der Waals surface area (Å²) in [4.78, 5) is 11.6. The zero-order valence-corrected chi connectivity index (χ0v) is 10.7. The Hall–Kier alpha value is -1.36. The SMILES string of the molecule is CCOC(=O)c1coc2c(CF)cc(Br)cc12. The van der Waals surface area contributed by atoms with E-state index in [1.165, 1.54) is 6.26 Å². The number of carbonyl (C=O) groups excluding carboxylic acids is 1. The first-order chi connectivity index (χ1) is 8.17. The third kappa shape index (κ3) is 2.20. The van der Waals surface area contributed by atoms with Gasteiger partial charge in [-0.1, -0.05) is 15.9 Å². The van der Waals surface area contributed by atoms with Gasteiger partial charge in [-0.25, -0.2) is 9.18 Å². The van der Waals surface area contributed by atoms with Gasteiger partial charge in [0, 0.05) is 15.4 Å². The highest BCUT2D eigenvalue weighted by atomic mass is 79.9. The zero-order valence-electron chi connectivity index (χ0n) is 9.13. The molecule has 0 bridgehead atoms. The molecule has 0 amide bonds. The predicted molar refractivity (Wildman–Crippen MR) is 64.7 cm³/mol. The van der Waals surface area contributed by atoms with E-state index in [2.05, 4.69) is 15.9 Å². The molecular formula is C12H10BrFO3. The fraction of sp³-hybridized carbons (Fsp3) is 0.250. The molecule has 17 heavy (non-hydrogen) atoms. The first-order valence-electron chi connectivity index (χ1n) is 5.10. The summed E-state index contributed by atoms with van der Waals surface area (Å²) in [5.74, 6) is -0.464. The van der Waals surface area contributed by atoms with Crippen LogP contribution in [0.25, 0.3) is 11.0 Å². The molecule has 0 radical (unpaired) electrons. The summed E-state index contributed by atoms with van der Waals surface area (Å²) in [6.45, 7) is 1.37. The van der Waals surface area contributed by atoms with Gasteiger partial charge in [-0.05, 0) is 19.1 Å². The Morgan fingerprint density at radius 1 is 1.53 bits per heavy atom. The lowest BCUT2D eigenvalue weighted by molar-refractivity contribution is 0.0527. The van der Waals surface area contributed by atoms with Crippen LogP contribution in [0.4, 0.5) is 4.39 Å². The van der Waals surface area contributed by atoms with E-state index in [1.807, 2.05) is 0 Å². The predicted octanol–water partition coefficient (Wildman–Crippen LogP) is 3.84. The average molecular weight is 301 g/mol. The number of fused-ring (bicyclic) bond motifs is 1. The third-order valence-corrected chi connectivity index (χ3v) is 2.81. The van der Waals surface area contributed by atoms with E-state index in [0.717, 1.165) is 0 Å². The van der Waals surface area contributed by atoms with Crippen molar-refractivity contribution in [1.82, 2.24) is 0 Å². The highest BCUT2D eigenvalue weighted by molar-refractivity contribution is 9.10. The number of esters is 1. The molecule has 0 fully saturated rings. The van der Waals surface area contributed by atoms with E-state index in [0.29, 0.717) is 26.6 Å². The minimum absolute atomic E-state index is 0.287. The Labute approximate surface area is 106 Å². The lowest BCUT2D eigenvalue weighted by Gasteiger charge is -2.01. The van der Waals surface area contributed by atoms with E-state index in [4.69, 9.17) is 9.15 Å². The summed E-state index contributed by atoms with van der Waals surface area (Å²) >= 11 is 3.27. The number of hydrogen-bond donors (Lipinski definition) is 0. The van der Waals surface area contributed by atoms with Gasteiger partial charge < -0.3 is 9.15 Å². The van der Waals surface area contributed by atoms with Crippen molar-refractivity contribution in [1.29, 1.82) is 0 Å². The summed E-state index contributed by atoms with van der Waals surface area (Å²) in [5.41, 5.74) is 1.11. The Bertz CT molecular complexity index is 562. The van der Waals surface area contributed by atoms with Crippen molar-refractivity contribution < 1.29 is 18.3 Å². The Morgan fingerprint density at radius 3 is 2.94 bits per heavy atom. The van der Waals surface area contributed by atoms with Crippen LogP contribution in [0.1, 0.15) is 22.8 Å². The van der Waals surface area contributed by atoms with Gasteiger partial charge in [-0.15, -0.1) is 0 Å². The molecule has 0 saturated heterocycles. The summed E-state index contributed by atoms with van der Waals surface area (Å²) in [6.07, 6.45) is 1.30. The lowest BCUT2D eigenvalue weighted by atomic mass is 10.1. The van der Waals surface area contributed by atoms with Crippen molar-refractivity contribution in [2.45, 2.75) is 13.6 Å². The molecule has 0 aliphatic carbocycles. The van der Waals surface area contributed by atoms with Crippen LogP contribution in [-0.2, 0) is 11.4 Å². The van der Waals surface area contributed by atoms with Gasteiger partial charge in [-0.3, -0.25) is 0 Å². The number of rotatable bonds is 3. The Morgan fingerprint density at radius 2 is 2.29 bits per heavy atom. The van der Waals surface area contributed by atoms with E-state index in [-0.39, 0.29) is 6.61 Å². The van der Waals surface area contributed by atoms with Crippen LogP contribution in [0.3, 0.4) is 0 Å². The normalized spacial score (nSPS) is 10.8. The molecule has 1 aromatic heterocycles. The van der Waals surface area contributed by atoms with Crippen LogP contribution in [-0.4, -0.2) is 12.6 Å². The fourth-order valence-corrected chi connectivity index (χ4v) is 2.14. The van der Waals surface area contributed by atoms with Crippen molar-refractivity contribution in [3.63, 3.8) is 0 Å². The monoisotopic (exact) mass is 300 g/mol. The fourth-order valence-electron chi connectivity index (χ4n) is 1.64. The standard InChI is InChI=1S/C12H10BrFO3/c1-2-16-12(15)10-6-17-11-7(5-14)3-8(13)4-9(10)11/h3-4,6H,2,5H2,1H3. The maximum atomic E-state index is 12.8. The van der Waals surface area contributed by atoms with Crippen molar-refractivity contribution in [2.75, 3.05) is 6.61 Å². The van der Waals surface area contributed by atoms with Crippen molar-refractivity contribution in [3.05, 3.63) is 34.0 Å². The van der Waals surface area contributed by atoms with Gasteiger partial charge in [0.05, 0.1) is 6.61 Å². The van der Waals surface area contributed by atoms with Crippen LogP contribution in [0.5, 0.6) is 0 Å². The second-order valence-electron chi connectivity index (χ2n) is 3.45. The van der Waals surface area contributed by atoms with Crippen LogP contribution >= 0.6 is 15.9 Å². The van der Waals surface area contributed by atoms with Gasteiger partial charge >= 0.3 is 5.97 Å². The molecule has 0 unspecified atom stereocenters. The third-order valence-electron chi connectivity index (χ3n) is 2.35. The molecule has 90 valence electrons. The molecule has 0 N–H and O–H groups in total. The molecule has 2 rings (SSSR count). The van der Waals surface area contributed by atoms with Crippen LogP contribution in [0, 0.1) is 0 Å². The summed E-state index contributed by atoms with van der Waals surface area (Å²) in [7, 11) is 0. The minimum Gasteiger partial charge on any atom is -0.463 e. The smallest absolute Gasteiger partial charge is 0.342 e. The molecule has 5 heteroatoms. The molecule has 3 nitrogen and oxygen atoms in total. The molecule has 0 saturated carbocycles. The first-order valence-corrected chi connectivity index (χ1v) is 5.89. The lowest BCUT2D eigenvalue weighted by Crippen LogP contribution is -2.03. The van der Waals surface area contributed by atoms with Gasteiger partial charge in [-0.2, -0.15) is 0 Å². The molecule has 0 aliphatic rings. The van der Waals surface area contributed by atoms with E-state index >= 15 is 0 Å². The maximum Gasteiger partial charge on any atom is 0.342 e. The second-order valence-corrected chi connectivity index (χ2v) is 4.36. The number of halogens is 2. The summed E-state index contributed by atoms with van der Waals surface area (Å²) in [5, 5.41) is 0.561. The van der Waals surface area contributed by atoms with Gasteiger partial charge in [0.15, 0.2) is 0 Å². The summed E-state index contributed by atoms with van der Waals surface area (Å²) < 4.78 is 23.6. The number of benzene rings is 1. The Kier molecular flexibility index (Phi) is 3.47. The molecule has 0 spiro atoms. The van der Waals surface area contributed by atoms with Gasteiger partial charge in [0.2, 0.25) is 0 Å². The molecule has 2 aromatic rings. The number of carbonyl (C=O) groups is 1. The highest BCUT2D eigenvalue weighted by Crippen LogP contribution is 2.29. The Balaban J connectivity index is 2.60. The van der Waals surface area contributed by atoms with Crippen molar-refractivity contribution in [2.24, 2.45) is 0 Å². The largest absolute Gasteiger partial charge is 0.463 e. The number of ether oxygens (including phenoxy) is 1. The highest BCUT2D eigenvalue weighted by Gasteiger charge is 2.17. The number of furan rings is 1. The second kappa shape index (κ2) is 4.87. The number of hydrogen-bond acceptors (Lipinski definition) is 3. The van der Waals surface area contributed by atoms with Crippen molar-refractivity contribution in [3.8, 4) is 0 Å². The topological polar surface area (TPSA) is 39.4 Å². The quantitative estimate of drug-likeness (QED) is 0.809. The number of alkyl halides is 1.